The first-order valence-electron chi connectivity index (χ1n) is 11.4. The highest BCUT2D eigenvalue weighted by Crippen LogP contribution is 2.39. The van der Waals surface area contributed by atoms with Crippen LogP contribution in [0.1, 0.15) is 37.6 Å². The van der Waals surface area contributed by atoms with Gasteiger partial charge >= 0.3 is 6.18 Å². The van der Waals surface area contributed by atoms with Crippen LogP contribution in [-0.4, -0.2) is 31.0 Å². The van der Waals surface area contributed by atoms with Crippen LogP contribution in [0.15, 0.2) is 65.7 Å². The van der Waals surface area contributed by atoms with Gasteiger partial charge in [0.05, 0.1) is 33.7 Å². The molecule has 7 nitrogen and oxygen atoms in total. The minimum atomic E-state index is -4.87. The van der Waals surface area contributed by atoms with Gasteiger partial charge in [-0.15, -0.1) is 0 Å². The highest BCUT2D eigenvalue weighted by molar-refractivity contribution is 7.91. The lowest BCUT2D eigenvalue weighted by Crippen LogP contribution is -2.37. The van der Waals surface area contributed by atoms with Crippen LogP contribution in [0.4, 0.5) is 28.9 Å². The van der Waals surface area contributed by atoms with Crippen LogP contribution in [0.2, 0.25) is 0 Å². The number of pyridine rings is 1. The number of rotatable bonds is 8. The van der Waals surface area contributed by atoms with Crippen molar-refractivity contribution in [2.24, 2.45) is 0 Å². The Hall–Kier alpha value is -3.80. The monoisotopic (exact) mass is 551 g/mol. The molecule has 3 aromatic rings. The lowest BCUT2D eigenvalue weighted by atomic mass is 9.80. The van der Waals surface area contributed by atoms with E-state index in [0.29, 0.717) is 0 Å². The second-order valence-electron chi connectivity index (χ2n) is 8.93. The van der Waals surface area contributed by atoms with Gasteiger partial charge in [-0.25, -0.2) is 12.8 Å². The van der Waals surface area contributed by atoms with Gasteiger partial charge < -0.3 is 10.6 Å². The van der Waals surface area contributed by atoms with E-state index < -0.39 is 44.6 Å². The van der Waals surface area contributed by atoms with E-state index in [1.807, 2.05) is 0 Å². The molecular weight excluding hydrogens is 526 g/mol. The molecule has 2 N–H and O–H groups in total. The number of benzene rings is 2. The Bertz CT molecular complexity index is 1450. The van der Waals surface area contributed by atoms with Gasteiger partial charge in [0.2, 0.25) is 11.8 Å². The zero-order valence-electron chi connectivity index (χ0n) is 20.7. The number of hydrogen-bond donors (Lipinski definition) is 2. The number of halogens is 4. The molecule has 2 amide bonds. The standard InChI is InChI=1S/C26H25F4N3O4S/c1-4-38(36,37)18-11-9-16(31-15-18)14-23(34)32-17-10-12-19(20(13-17)26(28,29)30)25(2,3)24(35)33-22-8-6-5-7-21(22)27/h5-13,15H,4,14H2,1-3H3,(H,32,34)(H,33,35). The number of carbonyl (C=O) groups excluding carboxylic acids is 2. The van der Waals surface area contributed by atoms with Crippen molar-refractivity contribution < 1.29 is 35.6 Å². The van der Waals surface area contributed by atoms with Crippen molar-refractivity contribution in [3.8, 4) is 0 Å². The molecule has 1 aromatic heterocycles. The first kappa shape index (κ1) is 28.8. The summed E-state index contributed by atoms with van der Waals surface area (Å²) in [7, 11) is -3.47. The van der Waals surface area contributed by atoms with Crippen molar-refractivity contribution in [2.45, 2.75) is 43.7 Å². The molecule has 0 aliphatic carbocycles. The predicted molar refractivity (Wildman–Crippen MR) is 134 cm³/mol. The molecule has 2 aromatic carbocycles. The Morgan fingerprint density at radius 3 is 2.21 bits per heavy atom. The second kappa shape index (κ2) is 10.9. The number of anilines is 2. The van der Waals surface area contributed by atoms with Gasteiger partial charge in [-0.2, -0.15) is 13.2 Å². The highest BCUT2D eigenvalue weighted by Gasteiger charge is 2.41. The van der Waals surface area contributed by atoms with Crippen molar-refractivity contribution in [3.05, 3.63) is 83.4 Å². The summed E-state index contributed by atoms with van der Waals surface area (Å²) < 4.78 is 79.7. The molecule has 0 spiro atoms. The molecule has 1 heterocycles. The maximum atomic E-state index is 14.0. The first-order valence-corrected chi connectivity index (χ1v) is 13.1. The molecule has 3 rings (SSSR count). The summed E-state index contributed by atoms with van der Waals surface area (Å²) >= 11 is 0. The van der Waals surface area contributed by atoms with E-state index in [9.17, 15) is 35.6 Å². The van der Waals surface area contributed by atoms with E-state index in [4.69, 9.17) is 0 Å². The molecule has 0 saturated heterocycles. The number of nitrogens with one attached hydrogen (secondary N) is 2. The molecule has 0 bridgehead atoms. The Labute approximate surface area is 217 Å². The second-order valence-corrected chi connectivity index (χ2v) is 11.2. The number of nitrogens with zero attached hydrogens (tertiary/aromatic N) is 1. The summed E-state index contributed by atoms with van der Waals surface area (Å²) in [5, 5.41) is 4.69. The van der Waals surface area contributed by atoms with Gasteiger partial charge in [0.1, 0.15) is 5.82 Å². The smallest absolute Gasteiger partial charge is 0.326 e. The third-order valence-electron chi connectivity index (χ3n) is 5.85. The summed E-state index contributed by atoms with van der Waals surface area (Å²) in [4.78, 5) is 29.3. The van der Waals surface area contributed by atoms with Crippen molar-refractivity contribution >= 4 is 33.0 Å². The summed E-state index contributed by atoms with van der Waals surface area (Å²) in [5.41, 5.74) is -3.35. The van der Waals surface area contributed by atoms with Crippen LogP contribution >= 0.6 is 0 Å². The average molecular weight is 552 g/mol. The maximum Gasteiger partial charge on any atom is 0.416 e. The summed E-state index contributed by atoms with van der Waals surface area (Å²) in [5.74, 6) is -2.39. The average Bonchev–Trinajstić information content (AvgIpc) is 2.85. The maximum absolute atomic E-state index is 14.0. The van der Waals surface area contributed by atoms with E-state index >= 15 is 0 Å². The zero-order chi connectivity index (χ0) is 28.3. The topological polar surface area (TPSA) is 105 Å². The molecule has 38 heavy (non-hydrogen) atoms. The zero-order valence-corrected chi connectivity index (χ0v) is 21.5. The Kier molecular flexibility index (Phi) is 8.25. The summed E-state index contributed by atoms with van der Waals surface area (Å²) in [6.45, 7) is 4.04. The quantitative estimate of drug-likeness (QED) is 0.378. The van der Waals surface area contributed by atoms with E-state index in [1.54, 1.807) is 0 Å². The number of aromatic nitrogens is 1. The number of sulfone groups is 1. The lowest BCUT2D eigenvalue weighted by Gasteiger charge is -2.28. The van der Waals surface area contributed by atoms with Gasteiger partial charge in [-0.3, -0.25) is 14.6 Å². The van der Waals surface area contributed by atoms with Crippen LogP contribution in [0.5, 0.6) is 0 Å². The lowest BCUT2D eigenvalue weighted by molar-refractivity contribution is -0.139. The highest BCUT2D eigenvalue weighted by atomic mass is 32.2. The third kappa shape index (κ3) is 6.55. The summed E-state index contributed by atoms with van der Waals surface area (Å²) in [6, 6.07) is 11.0. The fourth-order valence-corrected chi connectivity index (χ4v) is 4.42. The molecule has 0 aliphatic rings. The molecule has 0 fully saturated rings. The van der Waals surface area contributed by atoms with Crippen LogP contribution in [0.25, 0.3) is 0 Å². The van der Waals surface area contributed by atoms with Gasteiger partial charge in [-0.1, -0.05) is 25.1 Å². The van der Waals surface area contributed by atoms with E-state index in [2.05, 4.69) is 15.6 Å². The first-order chi connectivity index (χ1) is 17.6. The SMILES string of the molecule is CCS(=O)(=O)c1ccc(CC(=O)Nc2ccc(C(C)(C)C(=O)Nc3ccccc3F)c(C(F)(F)F)c2)nc1. The van der Waals surface area contributed by atoms with Crippen molar-refractivity contribution in [2.75, 3.05) is 16.4 Å². The normalized spacial score (nSPS) is 12.2. The van der Waals surface area contributed by atoms with Crippen LogP contribution in [-0.2, 0) is 37.4 Å². The number of para-hydroxylation sites is 1. The number of hydrogen-bond acceptors (Lipinski definition) is 5. The molecule has 0 aliphatic heterocycles. The predicted octanol–water partition coefficient (Wildman–Crippen LogP) is 5.13. The minimum Gasteiger partial charge on any atom is -0.326 e. The fraction of sp³-hybridized carbons (Fsp3) is 0.269. The van der Waals surface area contributed by atoms with Crippen LogP contribution < -0.4 is 10.6 Å². The number of carbonyl (C=O) groups is 2. The van der Waals surface area contributed by atoms with Gasteiger partial charge in [0, 0.05) is 17.6 Å². The summed E-state index contributed by atoms with van der Waals surface area (Å²) in [6.07, 6.45) is -4.06. The molecular formula is C26H25F4N3O4S. The van der Waals surface area contributed by atoms with Crippen molar-refractivity contribution in [1.29, 1.82) is 0 Å². The van der Waals surface area contributed by atoms with Crippen molar-refractivity contribution in [3.63, 3.8) is 0 Å². The molecule has 0 atom stereocenters. The number of alkyl halides is 3. The van der Waals surface area contributed by atoms with Gasteiger partial charge in [0.15, 0.2) is 9.84 Å². The molecule has 0 saturated carbocycles. The van der Waals surface area contributed by atoms with Gasteiger partial charge in [0.25, 0.3) is 0 Å². The Morgan fingerprint density at radius 2 is 1.63 bits per heavy atom. The van der Waals surface area contributed by atoms with E-state index in [0.717, 1.165) is 24.4 Å². The third-order valence-corrected chi connectivity index (χ3v) is 7.57. The Morgan fingerprint density at radius 1 is 0.947 bits per heavy atom. The largest absolute Gasteiger partial charge is 0.416 e. The fourth-order valence-electron chi connectivity index (χ4n) is 3.60. The van der Waals surface area contributed by atoms with Crippen LogP contribution in [0.3, 0.4) is 0 Å². The van der Waals surface area contributed by atoms with Crippen molar-refractivity contribution in [1.82, 2.24) is 4.98 Å². The molecule has 0 unspecified atom stereocenters. The minimum absolute atomic E-state index is 0.00350. The number of amides is 2. The van der Waals surface area contributed by atoms with E-state index in [1.165, 1.54) is 57.2 Å². The molecule has 12 heteroatoms. The molecule has 0 radical (unpaired) electrons. The van der Waals surface area contributed by atoms with Gasteiger partial charge in [-0.05, 0) is 55.8 Å². The molecule has 202 valence electrons. The van der Waals surface area contributed by atoms with E-state index in [-0.39, 0.29) is 39.7 Å². The Balaban J connectivity index is 1.82. The van der Waals surface area contributed by atoms with Crippen LogP contribution in [0, 0.1) is 5.82 Å².